The molecule has 0 aromatic rings. The van der Waals surface area contributed by atoms with Crippen molar-refractivity contribution >= 4 is 0 Å². The largest absolute Gasteiger partial charge is 0.395 e. The molecule has 0 bridgehead atoms. The Labute approximate surface area is 94.2 Å². The summed E-state index contributed by atoms with van der Waals surface area (Å²) in [5.41, 5.74) is 0. The molecule has 2 unspecified atom stereocenters. The summed E-state index contributed by atoms with van der Waals surface area (Å²) < 4.78 is 38.2. The molecule has 2 N–H and O–H groups in total. The molecule has 0 radical (unpaired) electrons. The molecular formula is C11H20F3NO. The number of aliphatic hydroxyl groups is 1. The molecule has 1 rings (SSSR count). The molecule has 0 spiro atoms. The Morgan fingerprint density at radius 1 is 1.31 bits per heavy atom. The van der Waals surface area contributed by atoms with Crippen LogP contribution in [-0.2, 0) is 0 Å². The molecule has 0 heterocycles. The van der Waals surface area contributed by atoms with Crippen LogP contribution in [0.5, 0.6) is 0 Å². The third-order valence-corrected chi connectivity index (χ3v) is 3.35. The van der Waals surface area contributed by atoms with E-state index in [1.807, 2.05) is 6.92 Å². The van der Waals surface area contributed by atoms with Crippen LogP contribution in [0.15, 0.2) is 0 Å². The van der Waals surface area contributed by atoms with Crippen molar-refractivity contribution in [2.75, 3.05) is 6.61 Å². The highest BCUT2D eigenvalue weighted by atomic mass is 19.4. The van der Waals surface area contributed by atoms with Gasteiger partial charge in [0.1, 0.15) is 0 Å². The maximum Gasteiger partial charge on any atom is 0.393 e. The number of nitrogens with one attached hydrogen (secondary N) is 1. The van der Waals surface area contributed by atoms with E-state index < -0.39 is 18.1 Å². The summed E-state index contributed by atoms with van der Waals surface area (Å²) in [5.74, 6) is -1.25. The summed E-state index contributed by atoms with van der Waals surface area (Å²) in [4.78, 5) is 0. The number of aliphatic hydroxyl groups excluding tert-OH is 1. The van der Waals surface area contributed by atoms with Crippen molar-refractivity contribution < 1.29 is 18.3 Å². The minimum absolute atomic E-state index is 0.0996. The molecule has 0 aromatic carbocycles. The zero-order chi connectivity index (χ0) is 12.2. The van der Waals surface area contributed by atoms with Gasteiger partial charge in [-0.05, 0) is 19.3 Å². The molecule has 3 atom stereocenters. The maximum atomic E-state index is 12.7. The van der Waals surface area contributed by atoms with Crippen LogP contribution in [0.4, 0.5) is 13.2 Å². The van der Waals surface area contributed by atoms with Gasteiger partial charge in [0.05, 0.1) is 12.5 Å². The predicted octanol–water partition coefficient (Wildman–Crippen LogP) is 2.47. The molecule has 1 aliphatic carbocycles. The normalized spacial score (nSPS) is 29.1. The van der Waals surface area contributed by atoms with Crippen LogP contribution in [0.3, 0.4) is 0 Å². The Hall–Kier alpha value is -0.290. The van der Waals surface area contributed by atoms with Crippen molar-refractivity contribution in [2.24, 2.45) is 5.92 Å². The Bertz CT molecular complexity index is 204. The monoisotopic (exact) mass is 239 g/mol. The van der Waals surface area contributed by atoms with Crippen LogP contribution in [0.25, 0.3) is 0 Å². The molecule has 0 aliphatic heterocycles. The fraction of sp³-hybridized carbons (Fsp3) is 1.00. The lowest BCUT2D eigenvalue weighted by atomic mass is 9.83. The second-order valence-electron chi connectivity index (χ2n) is 4.49. The van der Waals surface area contributed by atoms with Crippen LogP contribution >= 0.6 is 0 Å². The Kier molecular flexibility index (Phi) is 5.05. The van der Waals surface area contributed by atoms with Gasteiger partial charge < -0.3 is 10.4 Å². The number of halogens is 3. The standard InChI is InChI=1S/C11H20F3NO/c1-2-8(7-16)15-10-6-4-3-5-9(10)11(12,13)14/h8-10,15-16H,2-7H2,1H3/t8-,9?,10?/m1/s1. The second-order valence-corrected chi connectivity index (χ2v) is 4.49. The lowest BCUT2D eigenvalue weighted by molar-refractivity contribution is -0.189. The Balaban J connectivity index is 2.60. The van der Waals surface area contributed by atoms with Gasteiger partial charge >= 0.3 is 6.18 Å². The smallest absolute Gasteiger partial charge is 0.393 e. The van der Waals surface area contributed by atoms with Crippen LogP contribution in [0.1, 0.15) is 39.0 Å². The fourth-order valence-corrected chi connectivity index (χ4v) is 2.32. The summed E-state index contributed by atoms with van der Waals surface area (Å²) in [6.07, 6.45) is -1.21. The number of hydrogen-bond donors (Lipinski definition) is 2. The summed E-state index contributed by atoms with van der Waals surface area (Å²) >= 11 is 0. The van der Waals surface area contributed by atoms with Crippen LogP contribution < -0.4 is 5.32 Å². The molecule has 16 heavy (non-hydrogen) atoms. The first-order chi connectivity index (χ1) is 7.49. The molecule has 1 fully saturated rings. The van der Waals surface area contributed by atoms with Gasteiger partial charge in [-0.25, -0.2) is 0 Å². The molecule has 2 nitrogen and oxygen atoms in total. The SMILES string of the molecule is CC[C@H](CO)NC1CCCCC1C(F)(F)F. The topological polar surface area (TPSA) is 32.3 Å². The molecule has 0 saturated heterocycles. The third kappa shape index (κ3) is 3.63. The highest BCUT2D eigenvalue weighted by Crippen LogP contribution is 2.37. The van der Waals surface area contributed by atoms with Gasteiger partial charge in [-0.1, -0.05) is 19.8 Å². The van der Waals surface area contributed by atoms with Gasteiger partial charge in [0.2, 0.25) is 0 Å². The lowest BCUT2D eigenvalue weighted by Gasteiger charge is -2.35. The second kappa shape index (κ2) is 5.87. The van der Waals surface area contributed by atoms with E-state index in [9.17, 15) is 13.2 Å². The minimum atomic E-state index is -4.12. The zero-order valence-corrected chi connectivity index (χ0v) is 9.56. The van der Waals surface area contributed by atoms with E-state index in [1.165, 1.54) is 0 Å². The van der Waals surface area contributed by atoms with Crippen molar-refractivity contribution in [1.29, 1.82) is 0 Å². The molecule has 5 heteroatoms. The minimum Gasteiger partial charge on any atom is -0.395 e. The van der Waals surface area contributed by atoms with Gasteiger partial charge in [0.15, 0.2) is 0 Å². The van der Waals surface area contributed by atoms with E-state index in [1.54, 1.807) is 0 Å². The van der Waals surface area contributed by atoms with Gasteiger partial charge in [0, 0.05) is 12.1 Å². The first kappa shape index (κ1) is 13.8. The van der Waals surface area contributed by atoms with Crippen molar-refractivity contribution in [1.82, 2.24) is 5.32 Å². The van der Waals surface area contributed by atoms with E-state index in [0.29, 0.717) is 19.3 Å². The number of hydrogen-bond acceptors (Lipinski definition) is 2. The predicted molar refractivity (Wildman–Crippen MR) is 56.1 cm³/mol. The zero-order valence-electron chi connectivity index (χ0n) is 9.56. The third-order valence-electron chi connectivity index (χ3n) is 3.35. The van der Waals surface area contributed by atoms with Gasteiger partial charge in [0.25, 0.3) is 0 Å². The van der Waals surface area contributed by atoms with Crippen LogP contribution in [0, 0.1) is 5.92 Å². The number of alkyl halides is 3. The van der Waals surface area contributed by atoms with Crippen LogP contribution in [0.2, 0.25) is 0 Å². The molecule has 1 saturated carbocycles. The maximum absolute atomic E-state index is 12.7. The molecule has 1 aliphatic rings. The van der Waals surface area contributed by atoms with Crippen LogP contribution in [-0.4, -0.2) is 30.0 Å². The first-order valence-electron chi connectivity index (χ1n) is 5.92. The summed E-state index contributed by atoms with van der Waals surface area (Å²) in [7, 11) is 0. The quantitative estimate of drug-likeness (QED) is 0.790. The Morgan fingerprint density at radius 3 is 2.44 bits per heavy atom. The van der Waals surface area contributed by atoms with Crippen molar-refractivity contribution in [3.05, 3.63) is 0 Å². The van der Waals surface area contributed by atoms with E-state index >= 15 is 0 Å². The molecule has 0 aromatic heterocycles. The van der Waals surface area contributed by atoms with E-state index in [0.717, 1.165) is 6.42 Å². The molecule has 96 valence electrons. The fourth-order valence-electron chi connectivity index (χ4n) is 2.32. The molecular weight excluding hydrogens is 219 g/mol. The first-order valence-corrected chi connectivity index (χ1v) is 5.92. The van der Waals surface area contributed by atoms with Gasteiger partial charge in [-0.3, -0.25) is 0 Å². The number of rotatable bonds is 4. The highest BCUT2D eigenvalue weighted by Gasteiger charge is 2.45. The summed E-state index contributed by atoms with van der Waals surface area (Å²) in [6, 6.07) is -0.737. The van der Waals surface area contributed by atoms with Gasteiger partial charge in [-0.15, -0.1) is 0 Å². The lowest BCUT2D eigenvalue weighted by Crippen LogP contribution is -2.50. The van der Waals surface area contributed by atoms with E-state index in [4.69, 9.17) is 5.11 Å². The van der Waals surface area contributed by atoms with E-state index in [-0.39, 0.29) is 19.1 Å². The Morgan fingerprint density at radius 2 is 1.94 bits per heavy atom. The highest BCUT2D eigenvalue weighted by molar-refractivity contribution is 4.87. The average molecular weight is 239 g/mol. The summed E-state index contributed by atoms with van der Waals surface area (Å²) in [5, 5.41) is 11.9. The van der Waals surface area contributed by atoms with Crippen molar-refractivity contribution in [2.45, 2.75) is 57.3 Å². The van der Waals surface area contributed by atoms with Gasteiger partial charge in [-0.2, -0.15) is 13.2 Å². The van der Waals surface area contributed by atoms with E-state index in [2.05, 4.69) is 5.32 Å². The van der Waals surface area contributed by atoms with Crippen molar-refractivity contribution in [3.8, 4) is 0 Å². The van der Waals surface area contributed by atoms with Crippen molar-refractivity contribution in [3.63, 3.8) is 0 Å². The average Bonchev–Trinajstić information content (AvgIpc) is 2.25. The summed E-state index contributed by atoms with van der Waals surface area (Å²) in [6.45, 7) is 1.76. The molecule has 0 amide bonds.